The van der Waals surface area contributed by atoms with Gasteiger partial charge in [-0.2, -0.15) is 0 Å². The minimum absolute atomic E-state index is 0.0323. The molecular formula is C11H21NO. The van der Waals surface area contributed by atoms with Gasteiger partial charge in [-0.05, 0) is 26.2 Å². The van der Waals surface area contributed by atoms with Crippen LogP contribution in [-0.2, 0) is 4.79 Å². The van der Waals surface area contributed by atoms with Crippen LogP contribution in [0.25, 0.3) is 0 Å². The highest BCUT2D eigenvalue weighted by Gasteiger charge is 2.11. The lowest BCUT2D eigenvalue weighted by molar-refractivity contribution is -0.117. The maximum absolute atomic E-state index is 11.5. The molecule has 0 aliphatic carbocycles. The fraction of sp³-hybridized carbons (Fsp3) is 0.727. The van der Waals surface area contributed by atoms with Crippen molar-refractivity contribution in [3.05, 3.63) is 11.6 Å². The summed E-state index contributed by atoms with van der Waals surface area (Å²) in [6.45, 7) is 12.0. The quantitative estimate of drug-likeness (QED) is 0.655. The van der Waals surface area contributed by atoms with E-state index in [1.165, 1.54) is 0 Å². The molecule has 0 rings (SSSR count). The minimum atomic E-state index is 0.0323. The maximum atomic E-state index is 11.5. The highest BCUT2D eigenvalue weighted by molar-refractivity contribution is 5.92. The van der Waals surface area contributed by atoms with Gasteiger partial charge in [-0.1, -0.05) is 26.8 Å². The summed E-state index contributed by atoms with van der Waals surface area (Å²) in [4.78, 5) is 11.5. The molecule has 0 aliphatic heterocycles. The third-order valence-corrected chi connectivity index (χ3v) is 1.43. The molecule has 2 nitrogen and oxygen atoms in total. The summed E-state index contributed by atoms with van der Waals surface area (Å²) >= 11 is 0. The second-order valence-corrected chi connectivity index (χ2v) is 4.82. The van der Waals surface area contributed by atoms with Gasteiger partial charge in [-0.25, -0.2) is 0 Å². The molecule has 0 spiro atoms. The standard InChI is InChI=1S/C11H21NO/c1-8(2)12-10(13)9(3)7-11(4,5)6/h7-8H,1-6H3,(H,12,13). The van der Waals surface area contributed by atoms with Gasteiger partial charge in [-0.15, -0.1) is 0 Å². The molecule has 0 radical (unpaired) electrons. The van der Waals surface area contributed by atoms with E-state index in [1.807, 2.05) is 26.8 Å². The van der Waals surface area contributed by atoms with Crippen LogP contribution in [0.2, 0.25) is 0 Å². The molecule has 0 aromatic rings. The number of nitrogens with one attached hydrogen (secondary N) is 1. The van der Waals surface area contributed by atoms with Crippen molar-refractivity contribution in [1.82, 2.24) is 5.32 Å². The van der Waals surface area contributed by atoms with E-state index in [9.17, 15) is 4.79 Å². The Kier molecular flexibility index (Phi) is 4.18. The van der Waals surface area contributed by atoms with E-state index in [0.717, 1.165) is 5.57 Å². The molecule has 76 valence electrons. The zero-order valence-corrected chi connectivity index (χ0v) is 9.56. The molecule has 0 aromatic carbocycles. The first kappa shape index (κ1) is 12.2. The monoisotopic (exact) mass is 183 g/mol. The highest BCUT2D eigenvalue weighted by Crippen LogP contribution is 2.17. The molecule has 0 heterocycles. The average molecular weight is 183 g/mol. The highest BCUT2D eigenvalue weighted by atomic mass is 16.1. The van der Waals surface area contributed by atoms with Gasteiger partial charge in [0.1, 0.15) is 0 Å². The SMILES string of the molecule is CC(=CC(C)(C)C)C(=O)NC(C)C. The molecule has 0 fully saturated rings. The maximum Gasteiger partial charge on any atom is 0.246 e. The van der Waals surface area contributed by atoms with E-state index in [4.69, 9.17) is 0 Å². The molecule has 0 bridgehead atoms. The van der Waals surface area contributed by atoms with Crippen molar-refractivity contribution < 1.29 is 4.79 Å². The third-order valence-electron chi connectivity index (χ3n) is 1.43. The Hall–Kier alpha value is -0.790. The van der Waals surface area contributed by atoms with E-state index in [-0.39, 0.29) is 17.4 Å². The number of hydrogen-bond donors (Lipinski definition) is 1. The van der Waals surface area contributed by atoms with Crippen molar-refractivity contribution in [3.63, 3.8) is 0 Å². The zero-order chi connectivity index (χ0) is 10.6. The molecular weight excluding hydrogens is 162 g/mol. The van der Waals surface area contributed by atoms with Crippen LogP contribution in [0, 0.1) is 5.41 Å². The number of hydrogen-bond acceptors (Lipinski definition) is 1. The normalized spacial score (nSPS) is 13.3. The Bertz CT molecular complexity index is 209. The first-order valence-electron chi connectivity index (χ1n) is 4.72. The Balaban J connectivity index is 4.34. The van der Waals surface area contributed by atoms with Crippen LogP contribution >= 0.6 is 0 Å². The van der Waals surface area contributed by atoms with E-state index in [2.05, 4.69) is 26.1 Å². The number of amides is 1. The Labute approximate surface area is 81.4 Å². The van der Waals surface area contributed by atoms with Gasteiger partial charge in [0.15, 0.2) is 0 Å². The fourth-order valence-electron chi connectivity index (χ4n) is 1.09. The van der Waals surface area contributed by atoms with Crippen LogP contribution in [0.3, 0.4) is 0 Å². The topological polar surface area (TPSA) is 29.1 Å². The van der Waals surface area contributed by atoms with E-state index >= 15 is 0 Å². The summed E-state index contributed by atoms with van der Waals surface area (Å²) in [6.07, 6.45) is 1.99. The van der Waals surface area contributed by atoms with E-state index < -0.39 is 0 Å². The van der Waals surface area contributed by atoms with Crippen molar-refractivity contribution >= 4 is 5.91 Å². The van der Waals surface area contributed by atoms with Gasteiger partial charge in [0.2, 0.25) is 5.91 Å². The third kappa shape index (κ3) is 6.38. The summed E-state index contributed by atoms with van der Waals surface area (Å²) in [5.74, 6) is 0.0323. The van der Waals surface area contributed by atoms with E-state index in [1.54, 1.807) is 0 Å². The van der Waals surface area contributed by atoms with E-state index in [0.29, 0.717) is 0 Å². The lowest BCUT2D eigenvalue weighted by Gasteiger charge is -2.15. The van der Waals surface area contributed by atoms with Crippen LogP contribution in [0.4, 0.5) is 0 Å². The summed E-state index contributed by atoms with van der Waals surface area (Å²) in [5, 5.41) is 2.86. The van der Waals surface area contributed by atoms with Crippen LogP contribution < -0.4 is 5.32 Å². The molecule has 1 N–H and O–H groups in total. The van der Waals surface area contributed by atoms with Crippen molar-refractivity contribution in [2.24, 2.45) is 5.41 Å². The van der Waals surface area contributed by atoms with Crippen LogP contribution in [0.1, 0.15) is 41.5 Å². The Morgan fingerprint density at radius 2 is 1.77 bits per heavy atom. The van der Waals surface area contributed by atoms with Gasteiger partial charge >= 0.3 is 0 Å². The first-order chi connectivity index (χ1) is 5.72. The second kappa shape index (κ2) is 4.45. The Morgan fingerprint density at radius 3 is 2.08 bits per heavy atom. The number of allylic oxidation sites excluding steroid dienone is 1. The lowest BCUT2D eigenvalue weighted by atomic mass is 9.93. The number of carbonyl (C=O) groups excluding carboxylic acids is 1. The predicted molar refractivity (Wildman–Crippen MR) is 56.5 cm³/mol. The summed E-state index contributed by atoms with van der Waals surface area (Å²) in [5.41, 5.74) is 0.861. The summed E-state index contributed by atoms with van der Waals surface area (Å²) in [6, 6.07) is 0.204. The van der Waals surface area contributed by atoms with Crippen LogP contribution in [0.15, 0.2) is 11.6 Å². The van der Waals surface area contributed by atoms with Crippen molar-refractivity contribution in [1.29, 1.82) is 0 Å². The molecule has 2 heteroatoms. The lowest BCUT2D eigenvalue weighted by Crippen LogP contribution is -2.31. The zero-order valence-electron chi connectivity index (χ0n) is 9.56. The molecule has 0 unspecified atom stereocenters. The molecule has 1 amide bonds. The molecule has 0 aromatic heterocycles. The summed E-state index contributed by atoms with van der Waals surface area (Å²) < 4.78 is 0. The fourth-order valence-corrected chi connectivity index (χ4v) is 1.09. The van der Waals surface area contributed by atoms with Crippen molar-refractivity contribution in [3.8, 4) is 0 Å². The van der Waals surface area contributed by atoms with Crippen molar-refractivity contribution in [2.45, 2.75) is 47.6 Å². The largest absolute Gasteiger partial charge is 0.350 e. The average Bonchev–Trinajstić information content (AvgIpc) is 1.81. The molecule has 13 heavy (non-hydrogen) atoms. The second-order valence-electron chi connectivity index (χ2n) is 4.82. The van der Waals surface area contributed by atoms with Gasteiger partial charge in [0.25, 0.3) is 0 Å². The molecule has 0 aliphatic rings. The Morgan fingerprint density at radius 1 is 1.31 bits per heavy atom. The minimum Gasteiger partial charge on any atom is -0.350 e. The molecule has 0 atom stereocenters. The molecule has 0 saturated heterocycles. The first-order valence-corrected chi connectivity index (χ1v) is 4.72. The van der Waals surface area contributed by atoms with Crippen LogP contribution in [-0.4, -0.2) is 11.9 Å². The smallest absolute Gasteiger partial charge is 0.246 e. The molecule has 0 saturated carbocycles. The van der Waals surface area contributed by atoms with Gasteiger partial charge < -0.3 is 5.32 Å². The van der Waals surface area contributed by atoms with Gasteiger partial charge in [0.05, 0.1) is 0 Å². The number of carbonyl (C=O) groups is 1. The van der Waals surface area contributed by atoms with Crippen LogP contribution in [0.5, 0.6) is 0 Å². The predicted octanol–water partition coefficient (Wildman–Crippen LogP) is 2.50. The number of rotatable bonds is 2. The van der Waals surface area contributed by atoms with Gasteiger partial charge in [-0.3, -0.25) is 4.79 Å². The van der Waals surface area contributed by atoms with Gasteiger partial charge in [0, 0.05) is 11.6 Å². The summed E-state index contributed by atoms with van der Waals surface area (Å²) in [7, 11) is 0. The van der Waals surface area contributed by atoms with Crippen molar-refractivity contribution in [2.75, 3.05) is 0 Å².